The third kappa shape index (κ3) is 6.42. The molecule has 0 aromatic rings. The number of halogens is 3. The van der Waals surface area contributed by atoms with Crippen LogP contribution in [0.25, 0.3) is 0 Å². The van der Waals surface area contributed by atoms with Gasteiger partial charge in [-0.2, -0.15) is 13.2 Å². The molecule has 0 fully saturated rings. The number of hydrogen-bond donors (Lipinski definition) is 1. The van der Waals surface area contributed by atoms with Gasteiger partial charge in [0.05, 0.1) is 6.10 Å². The lowest BCUT2D eigenvalue weighted by Crippen LogP contribution is -2.24. The third-order valence-electron chi connectivity index (χ3n) is 1.43. The summed E-state index contributed by atoms with van der Waals surface area (Å²) in [5.74, 6) is 0. The molecule has 1 unspecified atom stereocenters. The number of nitrogens with two attached hydrogens (primary N) is 1. The normalized spacial score (nSPS) is 14.8. The maximum Gasteiger partial charge on any atom is 0.411 e. The zero-order valence-corrected chi connectivity index (χ0v) is 7.03. The maximum atomic E-state index is 11.6. The second-order valence-electron chi connectivity index (χ2n) is 2.53. The molecule has 0 spiro atoms. The molecule has 0 radical (unpaired) electrons. The van der Waals surface area contributed by atoms with Crippen molar-refractivity contribution >= 4 is 0 Å². The fourth-order valence-electron chi connectivity index (χ4n) is 0.804. The summed E-state index contributed by atoms with van der Waals surface area (Å²) in [6.45, 7) is 0.957. The van der Waals surface area contributed by atoms with E-state index in [0.29, 0.717) is 19.4 Å². The van der Waals surface area contributed by atoms with Gasteiger partial charge in [-0.3, -0.25) is 0 Å². The fourth-order valence-corrected chi connectivity index (χ4v) is 0.804. The molecular weight excluding hydrogens is 171 g/mol. The minimum absolute atomic E-state index is 0.358. The Morgan fingerprint density at radius 2 is 2.00 bits per heavy atom. The lowest BCUT2D eigenvalue weighted by atomic mass is 10.2. The molecular formula is C7H14F3NO. The maximum absolute atomic E-state index is 11.6. The van der Waals surface area contributed by atoms with Crippen molar-refractivity contribution in [2.45, 2.75) is 32.0 Å². The summed E-state index contributed by atoms with van der Waals surface area (Å²) >= 11 is 0. The average Bonchev–Trinajstić information content (AvgIpc) is 1.96. The summed E-state index contributed by atoms with van der Waals surface area (Å²) in [4.78, 5) is 0. The third-order valence-corrected chi connectivity index (χ3v) is 1.43. The van der Waals surface area contributed by atoms with E-state index in [-0.39, 0.29) is 6.10 Å². The highest BCUT2D eigenvalue weighted by atomic mass is 19.4. The van der Waals surface area contributed by atoms with E-state index in [0.717, 1.165) is 0 Å². The van der Waals surface area contributed by atoms with Crippen LogP contribution in [0.2, 0.25) is 0 Å². The van der Waals surface area contributed by atoms with Crippen LogP contribution in [0.3, 0.4) is 0 Å². The van der Waals surface area contributed by atoms with Gasteiger partial charge in [0.2, 0.25) is 0 Å². The Kier molecular flexibility index (Phi) is 5.24. The summed E-state index contributed by atoms with van der Waals surface area (Å²) < 4.78 is 39.5. The van der Waals surface area contributed by atoms with Gasteiger partial charge in [-0.1, -0.05) is 6.92 Å². The van der Waals surface area contributed by atoms with Crippen LogP contribution in [0.5, 0.6) is 0 Å². The molecule has 2 N–H and O–H groups in total. The Balaban J connectivity index is 3.58. The zero-order chi connectivity index (χ0) is 9.61. The lowest BCUT2D eigenvalue weighted by molar-refractivity contribution is -0.185. The Bertz CT molecular complexity index is 116. The van der Waals surface area contributed by atoms with Gasteiger partial charge in [-0.15, -0.1) is 0 Å². The summed E-state index contributed by atoms with van der Waals surface area (Å²) in [6, 6.07) is 0. The molecule has 0 bridgehead atoms. The van der Waals surface area contributed by atoms with E-state index in [9.17, 15) is 13.2 Å². The summed E-state index contributed by atoms with van der Waals surface area (Å²) in [7, 11) is 0. The Labute approximate surface area is 69.9 Å². The van der Waals surface area contributed by atoms with Crippen LogP contribution in [0, 0.1) is 0 Å². The van der Waals surface area contributed by atoms with E-state index >= 15 is 0 Å². The van der Waals surface area contributed by atoms with E-state index in [1.54, 1.807) is 6.92 Å². The van der Waals surface area contributed by atoms with Crippen molar-refractivity contribution in [1.29, 1.82) is 0 Å². The van der Waals surface area contributed by atoms with Crippen molar-refractivity contribution in [2.24, 2.45) is 5.73 Å². The minimum Gasteiger partial charge on any atom is -0.369 e. The van der Waals surface area contributed by atoms with Gasteiger partial charge in [0.25, 0.3) is 0 Å². The molecule has 0 rings (SSSR count). The van der Waals surface area contributed by atoms with Crippen LogP contribution in [0.4, 0.5) is 13.2 Å². The van der Waals surface area contributed by atoms with Crippen LogP contribution in [-0.4, -0.2) is 25.4 Å². The summed E-state index contributed by atoms with van der Waals surface area (Å²) in [5, 5.41) is 0. The lowest BCUT2D eigenvalue weighted by Gasteiger charge is -2.16. The quantitative estimate of drug-likeness (QED) is 0.707. The smallest absolute Gasteiger partial charge is 0.369 e. The first-order valence-corrected chi connectivity index (χ1v) is 3.88. The first-order chi connectivity index (χ1) is 5.49. The van der Waals surface area contributed by atoms with E-state index in [1.165, 1.54) is 0 Å². The number of hydrogen-bond acceptors (Lipinski definition) is 2. The Morgan fingerprint density at radius 1 is 1.42 bits per heavy atom. The first kappa shape index (κ1) is 11.7. The molecule has 2 nitrogen and oxygen atoms in total. The Hall–Kier alpha value is -0.290. The predicted octanol–water partition coefficient (Wildman–Crippen LogP) is 1.69. The topological polar surface area (TPSA) is 35.2 Å². The SMILES string of the molecule is CCC(CCN)OCC(F)(F)F. The van der Waals surface area contributed by atoms with Crippen LogP contribution in [-0.2, 0) is 4.74 Å². The highest BCUT2D eigenvalue weighted by molar-refractivity contribution is 4.57. The molecule has 0 saturated carbocycles. The first-order valence-electron chi connectivity index (χ1n) is 3.88. The van der Waals surface area contributed by atoms with Gasteiger partial charge < -0.3 is 10.5 Å². The summed E-state index contributed by atoms with van der Waals surface area (Å²) in [5.41, 5.74) is 5.18. The molecule has 0 aliphatic carbocycles. The highest BCUT2D eigenvalue weighted by Crippen LogP contribution is 2.16. The number of rotatable bonds is 5. The highest BCUT2D eigenvalue weighted by Gasteiger charge is 2.28. The molecule has 0 amide bonds. The van der Waals surface area contributed by atoms with Gasteiger partial charge in [0.1, 0.15) is 6.61 Å². The molecule has 0 aromatic carbocycles. The molecule has 0 aromatic heterocycles. The molecule has 0 aliphatic rings. The second-order valence-corrected chi connectivity index (χ2v) is 2.53. The van der Waals surface area contributed by atoms with Gasteiger partial charge in [-0.05, 0) is 19.4 Å². The van der Waals surface area contributed by atoms with Crippen molar-refractivity contribution in [3.05, 3.63) is 0 Å². The van der Waals surface area contributed by atoms with Crippen LogP contribution in [0.1, 0.15) is 19.8 Å². The summed E-state index contributed by atoms with van der Waals surface area (Å²) in [6.07, 6.45) is -3.56. The monoisotopic (exact) mass is 185 g/mol. The number of ether oxygens (including phenoxy) is 1. The molecule has 74 valence electrons. The van der Waals surface area contributed by atoms with Crippen molar-refractivity contribution < 1.29 is 17.9 Å². The average molecular weight is 185 g/mol. The second kappa shape index (κ2) is 5.37. The van der Waals surface area contributed by atoms with Crippen LogP contribution < -0.4 is 5.73 Å². The molecule has 1 atom stereocenters. The van der Waals surface area contributed by atoms with E-state index in [2.05, 4.69) is 4.74 Å². The van der Waals surface area contributed by atoms with E-state index in [4.69, 9.17) is 5.73 Å². The molecule has 5 heteroatoms. The van der Waals surface area contributed by atoms with Gasteiger partial charge in [-0.25, -0.2) is 0 Å². The van der Waals surface area contributed by atoms with Gasteiger partial charge in [0, 0.05) is 0 Å². The van der Waals surface area contributed by atoms with Crippen LogP contribution >= 0.6 is 0 Å². The van der Waals surface area contributed by atoms with Crippen LogP contribution in [0.15, 0.2) is 0 Å². The Morgan fingerprint density at radius 3 is 2.33 bits per heavy atom. The molecule has 0 heterocycles. The molecule has 0 aliphatic heterocycles. The van der Waals surface area contributed by atoms with Crippen molar-refractivity contribution in [3.8, 4) is 0 Å². The standard InChI is InChI=1S/C7H14F3NO/c1-2-6(3-4-11)12-5-7(8,9)10/h6H,2-5,11H2,1H3. The van der Waals surface area contributed by atoms with Gasteiger partial charge >= 0.3 is 6.18 Å². The van der Waals surface area contributed by atoms with Crippen molar-refractivity contribution in [2.75, 3.05) is 13.2 Å². The zero-order valence-electron chi connectivity index (χ0n) is 7.03. The molecule has 0 saturated heterocycles. The van der Waals surface area contributed by atoms with Crippen molar-refractivity contribution in [3.63, 3.8) is 0 Å². The molecule has 12 heavy (non-hydrogen) atoms. The predicted molar refractivity (Wildman–Crippen MR) is 39.8 cm³/mol. The van der Waals surface area contributed by atoms with E-state index < -0.39 is 12.8 Å². The minimum atomic E-state index is -4.23. The fraction of sp³-hybridized carbons (Fsp3) is 1.00. The van der Waals surface area contributed by atoms with E-state index in [1.807, 2.05) is 0 Å². The number of alkyl halides is 3. The van der Waals surface area contributed by atoms with Gasteiger partial charge in [0.15, 0.2) is 0 Å². The van der Waals surface area contributed by atoms with Crippen molar-refractivity contribution in [1.82, 2.24) is 0 Å². The largest absolute Gasteiger partial charge is 0.411 e.